The first-order valence-electron chi connectivity index (χ1n) is 6.75. The van der Waals surface area contributed by atoms with Crippen LogP contribution in [-0.4, -0.2) is 32.3 Å². The Morgan fingerprint density at radius 2 is 2.44 bits per heavy atom. The van der Waals surface area contributed by atoms with Crippen LogP contribution in [0.25, 0.3) is 0 Å². The normalized spacial score (nSPS) is 30.3. The highest BCUT2D eigenvalue weighted by atomic mass is 16.5. The number of rotatable bonds is 4. The van der Waals surface area contributed by atoms with Crippen molar-refractivity contribution in [2.75, 3.05) is 6.61 Å². The van der Waals surface area contributed by atoms with Gasteiger partial charge in [0.25, 0.3) is 0 Å². The van der Waals surface area contributed by atoms with E-state index in [2.05, 4.69) is 17.2 Å². The van der Waals surface area contributed by atoms with Gasteiger partial charge in [-0.05, 0) is 25.7 Å². The van der Waals surface area contributed by atoms with E-state index in [9.17, 15) is 5.11 Å². The molecule has 1 aliphatic carbocycles. The summed E-state index contributed by atoms with van der Waals surface area (Å²) < 4.78 is 7.59. The maximum Gasteiger partial charge on any atom is 0.126 e. The molecule has 102 valence electrons. The molecule has 0 amide bonds. The molecular formula is C13H23N3O2. The zero-order valence-electron chi connectivity index (χ0n) is 11.5. The van der Waals surface area contributed by atoms with Crippen molar-refractivity contribution in [2.24, 2.45) is 13.0 Å². The summed E-state index contributed by atoms with van der Waals surface area (Å²) in [6, 6.07) is 0. The number of hydrogen-bond acceptors (Lipinski definition) is 4. The van der Waals surface area contributed by atoms with Crippen LogP contribution in [0.3, 0.4) is 0 Å². The third-order valence-corrected chi connectivity index (χ3v) is 3.95. The number of hydrogen-bond donors (Lipinski definition) is 1. The van der Waals surface area contributed by atoms with Crippen molar-refractivity contribution in [3.05, 3.63) is 11.9 Å². The van der Waals surface area contributed by atoms with Crippen molar-refractivity contribution in [2.45, 2.75) is 51.2 Å². The summed E-state index contributed by atoms with van der Waals surface area (Å²) >= 11 is 0. The van der Waals surface area contributed by atoms with E-state index < -0.39 is 11.7 Å². The highest BCUT2D eigenvalue weighted by Gasteiger charge is 2.44. The minimum atomic E-state index is -0.653. The minimum Gasteiger partial charge on any atom is -0.384 e. The second-order valence-electron chi connectivity index (χ2n) is 5.38. The van der Waals surface area contributed by atoms with Crippen LogP contribution >= 0.6 is 0 Å². The fourth-order valence-electron chi connectivity index (χ4n) is 3.10. The lowest BCUT2D eigenvalue weighted by molar-refractivity contribution is -0.152. The molecular weight excluding hydrogens is 230 g/mol. The second kappa shape index (κ2) is 5.36. The van der Waals surface area contributed by atoms with Gasteiger partial charge in [-0.25, -0.2) is 4.68 Å². The molecule has 0 bridgehead atoms. The first-order valence-corrected chi connectivity index (χ1v) is 6.75. The molecule has 2 rings (SSSR count). The van der Waals surface area contributed by atoms with Crippen molar-refractivity contribution in [3.63, 3.8) is 0 Å². The number of nitrogens with zero attached hydrogens (tertiary/aromatic N) is 3. The zero-order valence-corrected chi connectivity index (χ0v) is 11.5. The van der Waals surface area contributed by atoms with Crippen LogP contribution in [0.5, 0.6) is 0 Å². The maximum absolute atomic E-state index is 10.7. The van der Waals surface area contributed by atoms with Crippen LogP contribution in [0.2, 0.25) is 0 Å². The van der Waals surface area contributed by atoms with Gasteiger partial charge in [-0.3, -0.25) is 0 Å². The molecule has 3 atom stereocenters. The van der Waals surface area contributed by atoms with E-state index >= 15 is 0 Å². The van der Waals surface area contributed by atoms with Gasteiger partial charge in [0.1, 0.15) is 6.10 Å². The Kier molecular flexibility index (Phi) is 4.02. The van der Waals surface area contributed by atoms with Crippen molar-refractivity contribution in [1.82, 2.24) is 15.0 Å². The van der Waals surface area contributed by atoms with Gasteiger partial charge in [-0.1, -0.05) is 25.0 Å². The Morgan fingerprint density at radius 1 is 1.67 bits per heavy atom. The van der Waals surface area contributed by atoms with E-state index in [1.165, 1.54) is 6.42 Å². The van der Waals surface area contributed by atoms with Gasteiger partial charge in [0.2, 0.25) is 0 Å². The summed E-state index contributed by atoms with van der Waals surface area (Å²) in [6.45, 7) is 4.82. The topological polar surface area (TPSA) is 60.2 Å². The van der Waals surface area contributed by atoms with Gasteiger partial charge in [-0.2, -0.15) is 0 Å². The summed E-state index contributed by atoms with van der Waals surface area (Å²) in [4.78, 5) is 0. The molecule has 3 unspecified atom stereocenters. The molecule has 1 aliphatic rings. The summed E-state index contributed by atoms with van der Waals surface area (Å²) in [7, 11) is 1.80. The molecule has 0 aromatic carbocycles. The largest absolute Gasteiger partial charge is 0.384 e. The SMILES string of the molecule is CCOC1(C(O)c2cnnn2C)CCCC(C)C1. The van der Waals surface area contributed by atoms with Gasteiger partial charge >= 0.3 is 0 Å². The highest BCUT2D eigenvalue weighted by Crippen LogP contribution is 2.43. The lowest BCUT2D eigenvalue weighted by atomic mass is 9.75. The molecule has 1 saturated carbocycles. The average molecular weight is 253 g/mol. The monoisotopic (exact) mass is 253 g/mol. The third-order valence-electron chi connectivity index (χ3n) is 3.95. The van der Waals surface area contributed by atoms with Gasteiger partial charge in [0, 0.05) is 13.7 Å². The molecule has 5 heteroatoms. The number of aryl methyl sites for hydroxylation is 1. The van der Waals surface area contributed by atoms with Gasteiger partial charge in [0.15, 0.2) is 0 Å². The van der Waals surface area contributed by atoms with Crippen molar-refractivity contribution in [3.8, 4) is 0 Å². The average Bonchev–Trinajstić information content (AvgIpc) is 2.75. The Bertz CT molecular complexity index is 389. The standard InChI is InChI=1S/C13H23N3O2/c1-4-18-13(7-5-6-10(2)8-13)12(17)11-9-14-15-16(11)3/h9-10,12,17H,4-8H2,1-3H3. The summed E-state index contributed by atoms with van der Waals surface area (Å²) in [6.07, 6.45) is 5.09. The van der Waals surface area contributed by atoms with Crippen molar-refractivity contribution in [1.29, 1.82) is 0 Å². The van der Waals surface area contributed by atoms with E-state index in [4.69, 9.17) is 4.74 Å². The lowest BCUT2D eigenvalue weighted by Crippen LogP contribution is -2.44. The van der Waals surface area contributed by atoms with Crippen molar-refractivity contribution < 1.29 is 9.84 Å². The van der Waals surface area contributed by atoms with E-state index in [0.29, 0.717) is 12.5 Å². The number of aliphatic hydroxyl groups excluding tert-OH is 1. The van der Waals surface area contributed by atoms with Gasteiger partial charge in [-0.15, -0.1) is 5.10 Å². The van der Waals surface area contributed by atoms with E-state index in [0.717, 1.165) is 25.0 Å². The molecule has 1 heterocycles. The van der Waals surface area contributed by atoms with Crippen LogP contribution in [0, 0.1) is 5.92 Å². The molecule has 18 heavy (non-hydrogen) atoms. The highest BCUT2D eigenvalue weighted by molar-refractivity contribution is 5.08. The quantitative estimate of drug-likeness (QED) is 0.889. The van der Waals surface area contributed by atoms with Crippen molar-refractivity contribution >= 4 is 0 Å². The fourth-order valence-corrected chi connectivity index (χ4v) is 3.10. The Morgan fingerprint density at radius 3 is 3.00 bits per heavy atom. The number of aromatic nitrogens is 3. The molecule has 0 aliphatic heterocycles. The molecule has 0 spiro atoms. The first kappa shape index (κ1) is 13.5. The van der Waals surface area contributed by atoms with E-state index in [-0.39, 0.29) is 0 Å². The predicted molar refractivity (Wildman–Crippen MR) is 68.0 cm³/mol. The molecule has 5 nitrogen and oxygen atoms in total. The van der Waals surface area contributed by atoms with Gasteiger partial charge < -0.3 is 9.84 Å². The van der Waals surface area contributed by atoms with Crippen LogP contribution in [0.15, 0.2) is 6.20 Å². The lowest BCUT2D eigenvalue weighted by Gasteiger charge is -2.42. The van der Waals surface area contributed by atoms with E-state index in [1.807, 2.05) is 6.92 Å². The minimum absolute atomic E-state index is 0.470. The number of ether oxygens (including phenoxy) is 1. The number of aliphatic hydroxyl groups is 1. The van der Waals surface area contributed by atoms with Crippen LogP contribution < -0.4 is 0 Å². The Balaban J connectivity index is 2.26. The van der Waals surface area contributed by atoms with Crippen LogP contribution in [0.4, 0.5) is 0 Å². The van der Waals surface area contributed by atoms with Gasteiger partial charge in [0.05, 0.1) is 17.5 Å². The first-order chi connectivity index (χ1) is 8.59. The Hall–Kier alpha value is -0.940. The summed E-state index contributed by atoms with van der Waals surface area (Å²) in [5.41, 5.74) is 0.263. The Labute approximate surface area is 108 Å². The van der Waals surface area contributed by atoms with E-state index in [1.54, 1.807) is 17.9 Å². The van der Waals surface area contributed by atoms with Crippen LogP contribution in [0.1, 0.15) is 51.3 Å². The summed E-state index contributed by atoms with van der Waals surface area (Å²) in [5, 5.41) is 18.4. The molecule has 1 aromatic rings. The molecule has 0 radical (unpaired) electrons. The molecule has 1 aromatic heterocycles. The summed E-state index contributed by atoms with van der Waals surface area (Å²) in [5.74, 6) is 0.584. The molecule has 0 saturated heterocycles. The fraction of sp³-hybridized carbons (Fsp3) is 0.846. The smallest absolute Gasteiger partial charge is 0.126 e. The second-order valence-corrected chi connectivity index (χ2v) is 5.38. The molecule has 1 N–H and O–H groups in total. The third kappa shape index (κ3) is 2.42. The predicted octanol–water partition coefficient (Wildman–Crippen LogP) is 1.83. The molecule has 1 fully saturated rings. The maximum atomic E-state index is 10.7. The van der Waals surface area contributed by atoms with Crippen LogP contribution in [-0.2, 0) is 11.8 Å². The zero-order chi connectivity index (χ0) is 13.2.